The molecule has 1 aliphatic rings. The van der Waals surface area contributed by atoms with E-state index in [0.29, 0.717) is 17.3 Å². The predicted molar refractivity (Wildman–Crippen MR) is 90.7 cm³/mol. The lowest BCUT2D eigenvalue weighted by Gasteiger charge is -2.09. The Labute approximate surface area is 148 Å². The Bertz CT molecular complexity index is 836. The Morgan fingerprint density at radius 2 is 2.08 bits per heavy atom. The van der Waals surface area contributed by atoms with Gasteiger partial charge in [-0.15, -0.1) is 10.2 Å². The van der Waals surface area contributed by atoms with Crippen molar-refractivity contribution in [2.45, 2.75) is 17.7 Å². The minimum absolute atomic E-state index is 0.00464. The monoisotopic (exact) mass is 387 g/mol. The van der Waals surface area contributed by atoms with Gasteiger partial charge in [0.1, 0.15) is 0 Å². The molecule has 3 rings (SSSR count). The Balaban J connectivity index is 1.52. The molecule has 1 N–H and O–H groups in total. The Hall–Kier alpha value is -1.58. The standard InChI is InChI=1S/C14H14ClN3O4S2/c15-10-3-1-9(2-4-10)13-17-18-14(22-13)23-7-12(19)16-11-5-6-24(20,21)8-11/h1-4,11H,5-8H2,(H,16,19)/t11-/m0/s1. The summed E-state index contributed by atoms with van der Waals surface area (Å²) in [6.45, 7) is 0. The van der Waals surface area contributed by atoms with Crippen LogP contribution in [0.25, 0.3) is 11.5 Å². The molecule has 1 amide bonds. The van der Waals surface area contributed by atoms with Gasteiger partial charge in [0, 0.05) is 16.6 Å². The fourth-order valence-corrected chi connectivity index (χ4v) is 4.66. The minimum atomic E-state index is -3.01. The van der Waals surface area contributed by atoms with E-state index in [0.717, 1.165) is 17.3 Å². The Morgan fingerprint density at radius 3 is 2.75 bits per heavy atom. The molecule has 128 valence electrons. The molecule has 0 unspecified atom stereocenters. The lowest BCUT2D eigenvalue weighted by molar-refractivity contribution is -0.119. The van der Waals surface area contributed by atoms with Gasteiger partial charge >= 0.3 is 0 Å². The number of carbonyl (C=O) groups is 1. The highest BCUT2D eigenvalue weighted by atomic mass is 35.5. The van der Waals surface area contributed by atoms with E-state index in [-0.39, 0.29) is 34.4 Å². The number of thioether (sulfide) groups is 1. The van der Waals surface area contributed by atoms with E-state index in [1.165, 1.54) is 0 Å². The van der Waals surface area contributed by atoms with Crippen LogP contribution in [-0.2, 0) is 14.6 Å². The lowest BCUT2D eigenvalue weighted by atomic mass is 10.2. The van der Waals surface area contributed by atoms with Crippen LogP contribution in [-0.4, -0.2) is 47.8 Å². The number of sulfone groups is 1. The number of nitrogens with zero attached hydrogens (tertiary/aromatic N) is 2. The highest BCUT2D eigenvalue weighted by molar-refractivity contribution is 7.99. The normalized spacial score (nSPS) is 19.3. The minimum Gasteiger partial charge on any atom is -0.411 e. The molecule has 1 atom stereocenters. The molecule has 2 aromatic rings. The van der Waals surface area contributed by atoms with Gasteiger partial charge in [0.15, 0.2) is 9.84 Å². The van der Waals surface area contributed by atoms with Crippen molar-refractivity contribution in [2.75, 3.05) is 17.3 Å². The van der Waals surface area contributed by atoms with Crippen LogP contribution in [0.3, 0.4) is 0 Å². The van der Waals surface area contributed by atoms with Crippen LogP contribution in [0.5, 0.6) is 0 Å². The quantitative estimate of drug-likeness (QED) is 0.780. The molecule has 1 fully saturated rings. The van der Waals surface area contributed by atoms with E-state index in [1.54, 1.807) is 24.3 Å². The zero-order valence-electron chi connectivity index (χ0n) is 12.4. The van der Waals surface area contributed by atoms with Crippen LogP contribution < -0.4 is 5.32 Å². The first kappa shape index (κ1) is 17.2. The summed E-state index contributed by atoms with van der Waals surface area (Å²) in [6.07, 6.45) is 0.458. The van der Waals surface area contributed by atoms with Crippen LogP contribution in [0.15, 0.2) is 33.9 Å². The van der Waals surface area contributed by atoms with Crippen molar-refractivity contribution in [3.05, 3.63) is 29.3 Å². The number of hydrogen-bond donors (Lipinski definition) is 1. The molecule has 10 heteroatoms. The number of hydrogen-bond acceptors (Lipinski definition) is 7. The Kier molecular flexibility index (Phi) is 5.12. The van der Waals surface area contributed by atoms with Gasteiger partial charge < -0.3 is 9.73 Å². The van der Waals surface area contributed by atoms with E-state index >= 15 is 0 Å². The fourth-order valence-electron chi connectivity index (χ4n) is 2.28. The number of halogens is 1. The molecule has 1 saturated heterocycles. The summed E-state index contributed by atoms with van der Waals surface area (Å²) in [5.41, 5.74) is 0.736. The van der Waals surface area contributed by atoms with Crippen molar-refractivity contribution in [3.8, 4) is 11.5 Å². The number of aromatic nitrogens is 2. The molecule has 0 radical (unpaired) electrons. The molecule has 0 spiro atoms. The molecule has 1 aromatic heterocycles. The number of carbonyl (C=O) groups excluding carboxylic acids is 1. The smallest absolute Gasteiger partial charge is 0.277 e. The maximum absolute atomic E-state index is 11.9. The second-order valence-electron chi connectivity index (χ2n) is 5.34. The second kappa shape index (κ2) is 7.12. The molecule has 1 aliphatic heterocycles. The first-order valence-electron chi connectivity index (χ1n) is 7.13. The fraction of sp³-hybridized carbons (Fsp3) is 0.357. The van der Waals surface area contributed by atoms with Crippen molar-refractivity contribution >= 4 is 39.1 Å². The number of rotatable bonds is 5. The van der Waals surface area contributed by atoms with Crippen LogP contribution >= 0.6 is 23.4 Å². The molecule has 7 nitrogen and oxygen atoms in total. The van der Waals surface area contributed by atoms with Gasteiger partial charge in [-0.05, 0) is 30.7 Å². The van der Waals surface area contributed by atoms with Gasteiger partial charge in [0.25, 0.3) is 5.22 Å². The maximum Gasteiger partial charge on any atom is 0.277 e. The van der Waals surface area contributed by atoms with Gasteiger partial charge in [-0.25, -0.2) is 8.42 Å². The molecular weight excluding hydrogens is 374 g/mol. The number of amides is 1. The molecule has 0 saturated carbocycles. The van der Waals surface area contributed by atoms with Gasteiger partial charge in [-0.1, -0.05) is 23.4 Å². The predicted octanol–water partition coefficient (Wildman–Crippen LogP) is 1.79. The van der Waals surface area contributed by atoms with Gasteiger partial charge in [0.2, 0.25) is 11.8 Å². The Morgan fingerprint density at radius 1 is 1.33 bits per heavy atom. The average molecular weight is 388 g/mol. The van der Waals surface area contributed by atoms with Crippen LogP contribution in [0.1, 0.15) is 6.42 Å². The molecule has 2 heterocycles. The molecule has 0 bridgehead atoms. The SMILES string of the molecule is O=C(CSc1nnc(-c2ccc(Cl)cc2)o1)N[C@H]1CCS(=O)(=O)C1. The van der Waals surface area contributed by atoms with Crippen molar-refractivity contribution in [1.82, 2.24) is 15.5 Å². The van der Waals surface area contributed by atoms with E-state index in [9.17, 15) is 13.2 Å². The summed E-state index contributed by atoms with van der Waals surface area (Å²) in [5.74, 6) is 0.299. The van der Waals surface area contributed by atoms with Crippen molar-refractivity contribution in [2.24, 2.45) is 0 Å². The highest BCUT2D eigenvalue weighted by Gasteiger charge is 2.28. The van der Waals surface area contributed by atoms with E-state index < -0.39 is 9.84 Å². The summed E-state index contributed by atoms with van der Waals surface area (Å²) < 4.78 is 28.2. The lowest BCUT2D eigenvalue weighted by Crippen LogP contribution is -2.36. The summed E-state index contributed by atoms with van der Waals surface area (Å²) >= 11 is 6.93. The first-order chi connectivity index (χ1) is 11.4. The van der Waals surface area contributed by atoms with Crippen LogP contribution in [0.4, 0.5) is 0 Å². The van der Waals surface area contributed by atoms with Crippen molar-refractivity contribution < 1.29 is 17.6 Å². The summed E-state index contributed by atoms with van der Waals surface area (Å²) in [6, 6.07) is 6.65. The third-order valence-electron chi connectivity index (χ3n) is 3.42. The van der Waals surface area contributed by atoms with Crippen molar-refractivity contribution in [1.29, 1.82) is 0 Å². The molecule has 24 heavy (non-hydrogen) atoms. The second-order valence-corrected chi connectivity index (χ2v) is 8.93. The van der Waals surface area contributed by atoms with Gasteiger partial charge in [0.05, 0.1) is 17.3 Å². The number of benzene rings is 1. The zero-order chi connectivity index (χ0) is 17.2. The zero-order valence-corrected chi connectivity index (χ0v) is 14.8. The molecule has 1 aromatic carbocycles. The summed E-state index contributed by atoms with van der Waals surface area (Å²) in [5, 5.41) is 11.4. The first-order valence-corrected chi connectivity index (χ1v) is 10.3. The molecular formula is C14H14ClN3O4S2. The van der Waals surface area contributed by atoms with Crippen LogP contribution in [0.2, 0.25) is 5.02 Å². The van der Waals surface area contributed by atoms with Gasteiger partial charge in [-0.2, -0.15) is 0 Å². The number of nitrogens with one attached hydrogen (secondary N) is 1. The largest absolute Gasteiger partial charge is 0.411 e. The molecule has 0 aliphatic carbocycles. The highest BCUT2D eigenvalue weighted by Crippen LogP contribution is 2.24. The summed E-state index contributed by atoms with van der Waals surface area (Å²) in [4.78, 5) is 11.9. The van der Waals surface area contributed by atoms with E-state index in [1.807, 2.05) is 0 Å². The maximum atomic E-state index is 11.9. The van der Waals surface area contributed by atoms with E-state index in [4.69, 9.17) is 16.0 Å². The van der Waals surface area contributed by atoms with E-state index in [2.05, 4.69) is 15.5 Å². The van der Waals surface area contributed by atoms with Crippen LogP contribution in [0, 0.1) is 0 Å². The average Bonchev–Trinajstić information content (AvgIpc) is 3.12. The van der Waals surface area contributed by atoms with Gasteiger partial charge in [-0.3, -0.25) is 4.79 Å². The topological polar surface area (TPSA) is 102 Å². The van der Waals surface area contributed by atoms with Crippen molar-refractivity contribution in [3.63, 3.8) is 0 Å². The summed E-state index contributed by atoms with van der Waals surface area (Å²) in [7, 11) is -3.01. The third-order valence-corrected chi connectivity index (χ3v) is 6.26. The third kappa shape index (κ3) is 4.49.